The molecule has 0 radical (unpaired) electrons. The van der Waals surface area contributed by atoms with E-state index in [9.17, 15) is 14.9 Å². The second-order valence-corrected chi connectivity index (χ2v) is 6.55. The molecule has 1 fully saturated rings. The van der Waals surface area contributed by atoms with E-state index in [1.807, 2.05) is 4.90 Å². The molecule has 8 nitrogen and oxygen atoms in total. The van der Waals surface area contributed by atoms with E-state index >= 15 is 0 Å². The molecule has 1 aromatic rings. The number of nitro groups is 1. The second kappa shape index (κ2) is 6.80. The molecule has 1 N–H and O–H groups in total. The van der Waals surface area contributed by atoms with Crippen LogP contribution in [0.2, 0.25) is 0 Å². The van der Waals surface area contributed by atoms with Gasteiger partial charge in [0.1, 0.15) is 17.5 Å². The Kier molecular flexibility index (Phi) is 5.02. The zero-order valence-electron chi connectivity index (χ0n) is 13.6. The predicted octanol–water partition coefficient (Wildman–Crippen LogP) is 2.48. The summed E-state index contributed by atoms with van der Waals surface area (Å²) in [5, 5.41) is 14.0. The van der Waals surface area contributed by atoms with Gasteiger partial charge in [0.15, 0.2) is 0 Å². The van der Waals surface area contributed by atoms with Crippen molar-refractivity contribution >= 4 is 17.5 Å². The number of aromatic nitrogens is 1. The topological polar surface area (TPSA) is 97.6 Å². The van der Waals surface area contributed by atoms with Crippen LogP contribution in [0.25, 0.3) is 0 Å². The molecule has 1 aliphatic heterocycles. The van der Waals surface area contributed by atoms with E-state index in [0.717, 1.165) is 12.8 Å². The molecule has 2 heterocycles. The van der Waals surface area contributed by atoms with Crippen molar-refractivity contribution in [3.8, 4) is 0 Å². The number of carbonyl (C=O) groups excluding carboxylic acids is 1. The number of pyridine rings is 1. The van der Waals surface area contributed by atoms with Crippen LogP contribution in [-0.2, 0) is 4.74 Å². The minimum Gasteiger partial charge on any atom is -0.444 e. The van der Waals surface area contributed by atoms with Gasteiger partial charge in [-0.25, -0.2) is 4.79 Å². The van der Waals surface area contributed by atoms with Crippen LogP contribution in [0, 0.1) is 10.1 Å². The van der Waals surface area contributed by atoms with Gasteiger partial charge in [-0.1, -0.05) is 0 Å². The van der Waals surface area contributed by atoms with Crippen LogP contribution in [0.5, 0.6) is 0 Å². The SMILES string of the molecule is CC(C)(C)OC(=O)N[C@@H]1CCCN(c2ccncc2[N+](=O)[O-])C1. The maximum atomic E-state index is 11.9. The normalized spacial score (nSPS) is 18.4. The minimum absolute atomic E-state index is 0.0228. The Morgan fingerprint density at radius 3 is 2.91 bits per heavy atom. The zero-order chi connectivity index (χ0) is 17.0. The van der Waals surface area contributed by atoms with Gasteiger partial charge in [0, 0.05) is 25.3 Å². The lowest BCUT2D eigenvalue weighted by Crippen LogP contribution is -2.49. The van der Waals surface area contributed by atoms with Gasteiger partial charge in [-0.3, -0.25) is 15.1 Å². The van der Waals surface area contributed by atoms with E-state index in [4.69, 9.17) is 4.74 Å². The molecule has 1 aromatic heterocycles. The van der Waals surface area contributed by atoms with E-state index < -0.39 is 16.6 Å². The Morgan fingerprint density at radius 1 is 1.52 bits per heavy atom. The summed E-state index contributed by atoms with van der Waals surface area (Å²) in [4.78, 5) is 28.3. The standard InChI is InChI=1S/C15H22N4O4/c1-15(2,3)23-14(20)17-11-5-4-8-18(10-11)12-6-7-16-9-13(12)19(21)22/h6-7,9,11H,4-5,8,10H2,1-3H3,(H,17,20)/t11-/m1/s1. The highest BCUT2D eigenvalue weighted by atomic mass is 16.6. The van der Waals surface area contributed by atoms with Crippen molar-refractivity contribution in [3.63, 3.8) is 0 Å². The third-order valence-electron chi connectivity index (χ3n) is 3.46. The fourth-order valence-corrected chi connectivity index (χ4v) is 2.57. The number of amides is 1. The maximum absolute atomic E-state index is 11.9. The lowest BCUT2D eigenvalue weighted by atomic mass is 10.0. The van der Waals surface area contributed by atoms with Crippen LogP contribution in [0.1, 0.15) is 33.6 Å². The van der Waals surface area contributed by atoms with Crippen molar-refractivity contribution in [2.75, 3.05) is 18.0 Å². The fraction of sp³-hybridized carbons (Fsp3) is 0.600. The van der Waals surface area contributed by atoms with Crippen LogP contribution >= 0.6 is 0 Å². The highest BCUT2D eigenvalue weighted by Crippen LogP contribution is 2.29. The maximum Gasteiger partial charge on any atom is 0.407 e. The van der Waals surface area contributed by atoms with Crippen LogP contribution in [0.4, 0.5) is 16.2 Å². The molecule has 1 atom stereocenters. The molecule has 0 aromatic carbocycles. The number of hydrogen-bond donors (Lipinski definition) is 1. The lowest BCUT2D eigenvalue weighted by Gasteiger charge is -2.34. The number of anilines is 1. The summed E-state index contributed by atoms with van der Waals surface area (Å²) < 4.78 is 5.26. The van der Waals surface area contributed by atoms with Gasteiger partial charge in [-0.15, -0.1) is 0 Å². The average Bonchev–Trinajstić information content (AvgIpc) is 2.45. The third kappa shape index (κ3) is 4.80. The van der Waals surface area contributed by atoms with E-state index in [-0.39, 0.29) is 11.7 Å². The number of ether oxygens (including phenoxy) is 1. The highest BCUT2D eigenvalue weighted by molar-refractivity contribution is 5.68. The Labute approximate surface area is 135 Å². The first-order valence-electron chi connectivity index (χ1n) is 7.59. The summed E-state index contributed by atoms with van der Waals surface area (Å²) in [7, 11) is 0. The first-order chi connectivity index (χ1) is 10.8. The fourth-order valence-electron chi connectivity index (χ4n) is 2.57. The molecular formula is C15H22N4O4. The molecule has 0 aliphatic carbocycles. The molecule has 23 heavy (non-hydrogen) atoms. The number of hydrogen-bond acceptors (Lipinski definition) is 6. The largest absolute Gasteiger partial charge is 0.444 e. The summed E-state index contributed by atoms with van der Waals surface area (Å²) in [5.74, 6) is 0. The van der Waals surface area contributed by atoms with Gasteiger partial charge in [0.05, 0.1) is 4.92 Å². The molecule has 1 saturated heterocycles. The lowest BCUT2D eigenvalue weighted by molar-refractivity contribution is -0.384. The molecule has 0 saturated carbocycles. The van der Waals surface area contributed by atoms with E-state index in [2.05, 4.69) is 10.3 Å². The van der Waals surface area contributed by atoms with Crippen molar-refractivity contribution in [3.05, 3.63) is 28.6 Å². The van der Waals surface area contributed by atoms with Gasteiger partial charge in [-0.05, 0) is 39.7 Å². The van der Waals surface area contributed by atoms with Gasteiger partial charge < -0.3 is 15.0 Å². The zero-order valence-corrected chi connectivity index (χ0v) is 13.6. The quantitative estimate of drug-likeness (QED) is 0.678. The van der Waals surface area contributed by atoms with Crippen molar-refractivity contribution in [1.82, 2.24) is 10.3 Å². The summed E-state index contributed by atoms with van der Waals surface area (Å²) >= 11 is 0. The smallest absolute Gasteiger partial charge is 0.407 e. The molecule has 1 amide bonds. The van der Waals surface area contributed by atoms with E-state index in [0.29, 0.717) is 18.8 Å². The van der Waals surface area contributed by atoms with Crippen LogP contribution in [0.3, 0.4) is 0 Å². The van der Waals surface area contributed by atoms with E-state index in [1.54, 1.807) is 26.8 Å². The highest BCUT2D eigenvalue weighted by Gasteiger charge is 2.27. The monoisotopic (exact) mass is 322 g/mol. The van der Waals surface area contributed by atoms with Gasteiger partial charge in [-0.2, -0.15) is 0 Å². The third-order valence-corrected chi connectivity index (χ3v) is 3.46. The van der Waals surface area contributed by atoms with Crippen molar-refractivity contribution < 1.29 is 14.5 Å². The predicted molar refractivity (Wildman–Crippen MR) is 85.5 cm³/mol. The van der Waals surface area contributed by atoms with Gasteiger partial charge in [0.2, 0.25) is 0 Å². The number of nitrogens with zero attached hydrogens (tertiary/aromatic N) is 3. The number of carbonyl (C=O) groups is 1. The minimum atomic E-state index is -0.553. The van der Waals surface area contributed by atoms with Crippen LogP contribution in [0.15, 0.2) is 18.5 Å². The molecule has 0 bridgehead atoms. The molecule has 2 rings (SSSR count). The first-order valence-corrected chi connectivity index (χ1v) is 7.59. The second-order valence-electron chi connectivity index (χ2n) is 6.55. The van der Waals surface area contributed by atoms with Crippen LogP contribution < -0.4 is 10.2 Å². The van der Waals surface area contributed by atoms with E-state index in [1.165, 1.54) is 12.4 Å². The Bertz CT molecular complexity index is 585. The molecular weight excluding hydrogens is 300 g/mol. The summed E-state index contributed by atoms with van der Waals surface area (Å²) in [6, 6.07) is 1.53. The van der Waals surface area contributed by atoms with Crippen LogP contribution in [-0.4, -0.2) is 40.7 Å². The molecule has 8 heteroatoms. The molecule has 126 valence electrons. The summed E-state index contributed by atoms with van der Waals surface area (Å²) in [5.41, 5.74) is -0.0476. The number of piperidine rings is 1. The van der Waals surface area contributed by atoms with Gasteiger partial charge in [0.25, 0.3) is 0 Å². The molecule has 0 unspecified atom stereocenters. The molecule has 1 aliphatic rings. The van der Waals surface area contributed by atoms with Crippen molar-refractivity contribution in [1.29, 1.82) is 0 Å². The Morgan fingerprint density at radius 2 is 2.26 bits per heavy atom. The molecule has 0 spiro atoms. The Hall–Kier alpha value is -2.38. The summed E-state index contributed by atoms with van der Waals surface area (Å²) in [6.07, 6.45) is 3.97. The number of rotatable bonds is 3. The number of nitrogens with one attached hydrogen (secondary N) is 1. The first kappa shape index (κ1) is 17.0. The average molecular weight is 322 g/mol. The Balaban J connectivity index is 2.04. The van der Waals surface area contributed by atoms with Gasteiger partial charge >= 0.3 is 11.8 Å². The van der Waals surface area contributed by atoms with Crippen molar-refractivity contribution in [2.45, 2.75) is 45.3 Å². The number of alkyl carbamates (subject to hydrolysis) is 1. The summed E-state index contributed by atoms with van der Waals surface area (Å²) in [6.45, 7) is 6.63. The van der Waals surface area contributed by atoms with Crippen molar-refractivity contribution in [2.24, 2.45) is 0 Å².